The molecule has 0 aliphatic carbocycles. The molecular formula is C15H12O4. The molecule has 96 valence electrons. The van der Waals surface area contributed by atoms with Gasteiger partial charge in [-0.2, -0.15) is 0 Å². The SMILES string of the molecule is C=COc1ccc(C(=O)c2ccc(O)cc2)c(O)c1. The lowest BCUT2D eigenvalue weighted by Crippen LogP contribution is -2.01. The van der Waals surface area contributed by atoms with Crippen molar-refractivity contribution >= 4 is 5.78 Å². The van der Waals surface area contributed by atoms with Gasteiger partial charge in [0.15, 0.2) is 5.78 Å². The lowest BCUT2D eigenvalue weighted by Gasteiger charge is -2.06. The van der Waals surface area contributed by atoms with E-state index in [0.29, 0.717) is 11.3 Å². The number of carbonyl (C=O) groups excluding carboxylic acids is 1. The summed E-state index contributed by atoms with van der Waals surface area (Å²) in [4.78, 5) is 12.1. The number of rotatable bonds is 4. The minimum atomic E-state index is -0.331. The van der Waals surface area contributed by atoms with Gasteiger partial charge in [0.05, 0.1) is 11.8 Å². The average molecular weight is 256 g/mol. The summed E-state index contributed by atoms with van der Waals surface area (Å²) in [5, 5.41) is 19.0. The number of carbonyl (C=O) groups is 1. The van der Waals surface area contributed by atoms with Crippen LogP contribution in [0.4, 0.5) is 0 Å². The molecule has 2 aromatic carbocycles. The highest BCUT2D eigenvalue weighted by atomic mass is 16.5. The summed E-state index contributed by atoms with van der Waals surface area (Å²) in [7, 11) is 0. The fraction of sp³-hybridized carbons (Fsp3) is 0. The smallest absolute Gasteiger partial charge is 0.196 e. The molecule has 4 heteroatoms. The van der Waals surface area contributed by atoms with Gasteiger partial charge in [-0.3, -0.25) is 4.79 Å². The molecule has 0 heterocycles. The first kappa shape index (κ1) is 12.7. The van der Waals surface area contributed by atoms with Gasteiger partial charge in [0.2, 0.25) is 0 Å². The second kappa shape index (κ2) is 5.27. The van der Waals surface area contributed by atoms with Crippen LogP contribution >= 0.6 is 0 Å². The highest BCUT2D eigenvalue weighted by molar-refractivity contribution is 6.10. The zero-order valence-electron chi connectivity index (χ0n) is 10.0. The first-order chi connectivity index (χ1) is 9.11. The predicted octanol–water partition coefficient (Wildman–Crippen LogP) is 2.85. The molecule has 0 fully saturated rings. The van der Waals surface area contributed by atoms with Gasteiger partial charge in [-0.05, 0) is 36.4 Å². The fourth-order valence-electron chi connectivity index (χ4n) is 1.64. The highest BCUT2D eigenvalue weighted by Gasteiger charge is 2.14. The molecule has 0 atom stereocenters. The Balaban J connectivity index is 2.33. The van der Waals surface area contributed by atoms with Gasteiger partial charge < -0.3 is 14.9 Å². The standard InChI is InChI=1S/C15H12O4/c1-2-19-12-7-8-13(14(17)9-12)15(18)10-3-5-11(16)6-4-10/h2-9,16-17H,1H2. The van der Waals surface area contributed by atoms with E-state index in [1.165, 1.54) is 42.7 Å². The van der Waals surface area contributed by atoms with Crippen molar-refractivity contribution in [1.29, 1.82) is 0 Å². The van der Waals surface area contributed by atoms with E-state index in [1.807, 2.05) is 0 Å². The fourth-order valence-corrected chi connectivity index (χ4v) is 1.64. The molecule has 0 aliphatic heterocycles. The lowest BCUT2D eigenvalue weighted by atomic mass is 10.0. The molecule has 0 unspecified atom stereocenters. The van der Waals surface area contributed by atoms with Crippen LogP contribution in [0.15, 0.2) is 55.3 Å². The van der Waals surface area contributed by atoms with E-state index < -0.39 is 0 Å². The zero-order valence-corrected chi connectivity index (χ0v) is 10.0. The van der Waals surface area contributed by atoms with Crippen LogP contribution in [0.2, 0.25) is 0 Å². The topological polar surface area (TPSA) is 66.8 Å². The average Bonchev–Trinajstić information content (AvgIpc) is 2.39. The molecule has 0 aliphatic rings. The van der Waals surface area contributed by atoms with E-state index in [1.54, 1.807) is 6.07 Å². The number of ether oxygens (including phenoxy) is 1. The predicted molar refractivity (Wildman–Crippen MR) is 70.5 cm³/mol. The third-order valence-electron chi connectivity index (χ3n) is 2.56. The van der Waals surface area contributed by atoms with Gasteiger partial charge >= 0.3 is 0 Å². The van der Waals surface area contributed by atoms with Crippen LogP contribution in [0.1, 0.15) is 15.9 Å². The summed E-state index contributed by atoms with van der Waals surface area (Å²) in [6.45, 7) is 3.40. The number of phenolic OH excluding ortho intramolecular Hbond substituents is 2. The van der Waals surface area contributed by atoms with E-state index in [9.17, 15) is 15.0 Å². The Bertz CT molecular complexity index is 615. The van der Waals surface area contributed by atoms with Crippen molar-refractivity contribution in [2.24, 2.45) is 0 Å². The van der Waals surface area contributed by atoms with Gasteiger partial charge in [-0.1, -0.05) is 6.58 Å². The maximum Gasteiger partial charge on any atom is 0.196 e. The van der Waals surface area contributed by atoms with Gasteiger partial charge in [0.25, 0.3) is 0 Å². The van der Waals surface area contributed by atoms with Crippen LogP contribution in [-0.4, -0.2) is 16.0 Å². The first-order valence-corrected chi connectivity index (χ1v) is 5.56. The molecule has 2 rings (SSSR count). The van der Waals surface area contributed by atoms with Crippen LogP contribution in [0, 0.1) is 0 Å². The highest BCUT2D eigenvalue weighted by Crippen LogP contribution is 2.26. The maximum absolute atomic E-state index is 12.1. The van der Waals surface area contributed by atoms with E-state index >= 15 is 0 Å². The van der Waals surface area contributed by atoms with Crippen molar-refractivity contribution in [3.8, 4) is 17.2 Å². The molecule has 0 spiro atoms. The number of benzene rings is 2. The third kappa shape index (κ3) is 2.74. The quantitative estimate of drug-likeness (QED) is 0.652. The van der Waals surface area contributed by atoms with Crippen LogP contribution in [0.25, 0.3) is 0 Å². The van der Waals surface area contributed by atoms with Gasteiger partial charge in [0, 0.05) is 11.6 Å². The molecule has 2 N–H and O–H groups in total. The van der Waals surface area contributed by atoms with Gasteiger partial charge in [0.1, 0.15) is 17.2 Å². The molecule has 0 bridgehead atoms. The Morgan fingerprint density at radius 1 is 1.11 bits per heavy atom. The Labute approximate surface area is 110 Å². The van der Waals surface area contributed by atoms with Crippen molar-refractivity contribution in [3.63, 3.8) is 0 Å². The van der Waals surface area contributed by atoms with Crippen molar-refractivity contribution < 1.29 is 19.7 Å². The normalized spacial score (nSPS) is 9.89. The van der Waals surface area contributed by atoms with Crippen molar-refractivity contribution in [1.82, 2.24) is 0 Å². The first-order valence-electron chi connectivity index (χ1n) is 5.56. The van der Waals surface area contributed by atoms with Crippen molar-refractivity contribution in [3.05, 3.63) is 66.4 Å². The van der Waals surface area contributed by atoms with Crippen LogP contribution in [0.5, 0.6) is 17.2 Å². The number of aromatic hydroxyl groups is 2. The molecular weight excluding hydrogens is 244 g/mol. The molecule has 2 aromatic rings. The monoisotopic (exact) mass is 256 g/mol. The lowest BCUT2D eigenvalue weighted by molar-refractivity contribution is 0.103. The number of ketones is 1. The summed E-state index contributed by atoms with van der Waals surface area (Å²) < 4.78 is 5.00. The van der Waals surface area contributed by atoms with Crippen LogP contribution in [0.3, 0.4) is 0 Å². The zero-order chi connectivity index (χ0) is 13.8. The summed E-state index contributed by atoms with van der Waals surface area (Å²) in [6.07, 6.45) is 1.23. The molecule has 0 saturated heterocycles. The number of phenols is 2. The van der Waals surface area contributed by atoms with E-state index in [0.717, 1.165) is 0 Å². The largest absolute Gasteiger partial charge is 0.508 e. The minimum absolute atomic E-state index is 0.0792. The summed E-state index contributed by atoms with van der Waals surface area (Å²) in [5.41, 5.74) is 0.549. The second-order valence-corrected chi connectivity index (χ2v) is 3.84. The van der Waals surface area contributed by atoms with E-state index in [4.69, 9.17) is 4.74 Å². The Kier molecular flexibility index (Phi) is 3.52. The van der Waals surface area contributed by atoms with Crippen molar-refractivity contribution in [2.75, 3.05) is 0 Å². The summed E-state index contributed by atoms with van der Waals surface area (Å²) in [6, 6.07) is 10.2. The number of hydrogen-bond acceptors (Lipinski definition) is 4. The van der Waals surface area contributed by atoms with E-state index in [2.05, 4.69) is 6.58 Å². The van der Waals surface area contributed by atoms with E-state index in [-0.39, 0.29) is 22.8 Å². The van der Waals surface area contributed by atoms with Crippen LogP contribution in [-0.2, 0) is 0 Å². The molecule has 0 aromatic heterocycles. The maximum atomic E-state index is 12.1. The third-order valence-corrected chi connectivity index (χ3v) is 2.56. The van der Waals surface area contributed by atoms with Crippen LogP contribution < -0.4 is 4.74 Å². The Morgan fingerprint density at radius 2 is 1.79 bits per heavy atom. The molecule has 0 saturated carbocycles. The second-order valence-electron chi connectivity index (χ2n) is 3.84. The Morgan fingerprint density at radius 3 is 2.37 bits per heavy atom. The van der Waals surface area contributed by atoms with Gasteiger partial charge in [-0.15, -0.1) is 0 Å². The molecule has 4 nitrogen and oxygen atoms in total. The minimum Gasteiger partial charge on any atom is -0.508 e. The number of hydrogen-bond donors (Lipinski definition) is 2. The molecule has 0 amide bonds. The summed E-state index contributed by atoms with van der Waals surface area (Å²) >= 11 is 0. The summed E-state index contributed by atoms with van der Waals surface area (Å²) in [5.74, 6) is -0.0228. The molecule has 19 heavy (non-hydrogen) atoms. The van der Waals surface area contributed by atoms with Gasteiger partial charge in [-0.25, -0.2) is 0 Å². The Hall–Kier alpha value is -2.75. The molecule has 0 radical (unpaired) electrons. The van der Waals surface area contributed by atoms with Crippen molar-refractivity contribution in [2.45, 2.75) is 0 Å².